The smallest absolute Gasteiger partial charge is 0.221 e. The van der Waals surface area contributed by atoms with Crippen molar-refractivity contribution in [3.8, 4) is 0 Å². The number of rotatable bonds is 6. The molecule has 4 heteroatoms. The standard InChI is InChI=1S/C13H27N3O/c1-3-11-5-7-16(8-6-11)12(10-14)9-13(17)15-4-2/h11-12H,3-10,14H2,1-2H3,(H,15,17). The summed E-state index contributed by atoms with van der Waals surface area (Å²) in [5, 5.41) is 2.85. The molecule has 4 nitrogen and oxygen atoms in total. The number of nitrogens with one attached hydrogen (secondary N) is 1. The summed E-state index contributed by atoms with van der Waals surface area (Å²) >= 11 is 0. The molecule has 1 atom stereocenters. The number of nitrogens with zero attached hydrogens (tertiary/aromatic N) is 1. The van der Waals surface area contributed by atoms with Gasteiger partial charge < -0.3 is 11.1 Å². The molecule has 1 unspecified atom stereocenters. The van der Waals surface area contributed by atoms with Gasteiger partial charge in [-0.1, -0.05) is 13.3 Å². The van der Waals surface area contributed by atoms with Crippen molar-refractivity contribution in [3.63, 3.8) is 0 Å². The average molecular weight is 241 g/mol. The highest BCUT2D eigenvalue weighted by atomic mass is 16.1. The number of piperidine rings is 1. The number of likely N-dealkylation sites (tertiary alicyclic amines) is 1. The molecule has 1 fully saturated rings. The number of carbonyl (C=O) groups is 1. The van der Waals surface area contributed by atoms with Crippen molar-refractivity contribution in [2.45, 2.75) is 45.6 Å². The first kappa shape index (κ1) is 14.5. The molecule has 1 aliphatic heterocycles. The molecule has 0 saturated carbocycles. The summed E-state index contributed by atoms with van der Waals surface area (Å²) in [5.74, 6) is 0.995. The van der Waals surface area contributed by atoms with Crippen LogP contribution in [0, 0.1) is 5.92 Å². The van der Waals surface area contributed by atoms with Gasteiger partial charge in [0, 0.05) is 25.6 Å². The molecular formula is C13H27N3O. The van der Waals surface area contributed by atoms with Crippen LogP contribution in [0.4, 0.5) is 0 Å². The van der Waals surface area contributed by atoms with Gasteiger partial charge in [0.05, 0.1) is 0 Å². The first-order valence-electron chi connectivity index (χ1n) is 6.92. The number of carbonyl (C=O) groups excluding carboxylic acids is 1. The van der Waals surface area contributed by atoms with Gasteiger partial charge in [0.1, 0.15) is 0 Å². The summed E-state index contributed by atoms with van der Waals surface area (Å²) in [7, 11) is 0. The zero-order valence-electron chi connectivity index (χ0n) is 11.2. The van der Waals surface area contributed by atoms with Crippen molar-refractivity contribution in [1.29, 1.82) is 0 Å². The minimum atomic E-state index is 0.126. The van der Waals surface area contributed by atoms with E-state index in [1.54, 1.807) is 0 Å². The minimum Gasteiger partial charge on any atom is -0.356 e. The van der Waals surface area contributed by atoms with Gasteiger partial charge in [0.25, 0.3) is 0 Å². The molecule has 0 aliphatic carbocycles. The molecule has 0 bridgehead atoms. The van der Waals surface area contributed by atoms with Crippen molar-refractivity contribution >= 4 is 5.91 Å². The van der Waals surface area contributed by atoms with E-state index in [9.17, 15) is 4.79 Å². The third kappa shape index (κ3) is 4.64. The van der Waals surface area contributed by atoms with E-state index >= 15 is 0 Å². The van der Waals surface area contributed by atoms with Crippen LogP contribution in [0.3, 0.4) is 0 Å². The molecule has 17 heavy (non-hydrogen) atoms. The highest BCUT2D eigenvalue weighted by molar-refractivity contribution is 5.76. The predicted molar refractivity (Wildman–Crippen MR) is 70.7 cm³/mol. The Morgan fingerprint density at radius 3 is 2.53 bits per heavy atom. The Morgan fingerprint density at radius 2 is 2.06 bits per heavy atom. The van der Waals surface area contributed by atoms with Gasteiger partial charge in [-0.15, -0.1) is 0 Å². The third-order valence-corrected chi connectivity index (χ3v) is 3.81. The zero-order chi connectivity index (χ0) is 12.7. The lowest BCUT2D eigenvalue weighted by Crippen LogP contribution is -2.47. The predicted octanol–water partition coefficient (Wildman–Crippen LogP) is 0.962. The van der Waals surface area contributed by atoms with E-state index in [1.807, 2.05) is 6.92 Å². The molecule has 0 aromatic carbocycles. The number of amides is 1. The van der Waals surface area contributed by atoms with Gasteiger partial charge in [-0.05, 0) is 38.8 Å². The Bertz CT molecular complexity index is 225. The maximum Gasteiger partial charge on any atom is 0.221 e. The fraction of sp³-hybridized carbons (Fsp3) is 0.923. The van der Waals surface area contributed by atoms with E-state index in [0.717, 1.165) is 19.0 Å². The SMILES string of the molecule is CCNC(=O)CC(CN)N1CCC(CC)CC1. The van der Waals surface area contributed by atoms with Gasteiger partial charge in [0.15, 0.2) is 0 Å². The summed E-state index contributed by atoms with van der Waals surface area (Å²) in [6, 6.07) is 0.222. The van der Waals surface area contributed by atoms with Gasteiger partial charge in [-0.25, -0.2) is 0 Å². The molecule has 0 radical (unpaired) electrons. The summed E-state index contributed by atoms with van der Waals surface area (Å²) in [6.07, 6.45) is 4.32. The molecule has 100 valence electrons. The molecule has 0 aromatic rings. The minimum absolute atomic E-state index is 0.126. The van der Waals surface area contributed by atoms with E-state index < -0.39 is 0 Å². The first-order valence-corrected chi connectivity index (χ1v) is 6.92. The quantitative estimate of drug-likeness (QED) is 0.728. The lowest BCUT2D eigenvalue weighted by atomic mass is 9.93. The lowest BCUT2D eigenvalue weighted by molar-refractivity contribution is -0.122. The van der Waals surface area contributed by atoms with E-state index in [2.05, 4.69) is 17.1 Å². The first-order chi connectivity index (χ1) is 8.21. The second-order valence-corrected chi connectivity index (χ2v) is 4.93. The number of hydrogen-bond acceptors (Lipinski definition) is 3. The molecule has 0 aromatic heterocycles. The van der Waals surface area contributed by atoms with Crippen LogP contribution in [0.2, 0.25) is 0 Å². The van der Waals surface area contributed by atoms with E-state index in [-0.39, 0.29) is 11.9 Å². The van der Waals surface area contributed by atoms with Crippen molar-refractivity contribution < 1.29 is 4.79 Å². The van der Waals surface area contributed by atoms with Crippen molar-refractivity contribution in [1.82, 2.24) is 10.2 Å². The van der Waals surface area contributed by atoms with Gasteiger partial charge >= 0.3 is 0 Å². The lowest BCUT2D eigenvalue weighted by Gasteiger charge is -2.36. The van der Waals surface area contributed by atoms with Crippen LogP contribution in [0.5, 0.6) is 0 Å². The Labute approximate surface area is 105 Å². The maximum absolute atomic E-state index is 11.6. The molecule has 3 N–H and O–H groups in total. The van der Waals surface area contributed by atoms with Crippen LogP contribution >= 0.6 is 0 Å². The maximum atomic E-state index is 11.6. The van der Waals surface area contributed by atoms with Crippen LogP contribution in [-0.4, -0.2) is 43.0 Å². The van der Waals surface area contributed by atoms with Gasteiger partial charge in [-0.3, -0.25) is 9.69 Å². The molecular weight excluding hydrogens is 214 g/mol. The van der Waals surface area contributed by atoms with Crippen molar-refractivity contribution in [2.75, 3.05) is 26.2 Å². The Morgan fingerprint density at radius 1 is 1.41 bits per heavy atom. The third-order valence-electron chi connectivity index (χ3n) is 3.81. The van der Waals surface area contributed by atoms with Gasteiger partial charge in [-0.2, -0.15) is 0 Å². The topological polar surface area (TPSA) is 58.4 Å². The summed E-state index contributed by atoms with van der Waals surface area (Å²) < 4.78 is 0. The Kier molecular flexibility index (Phi) is 6.52. The molecule has 1 amide bonds. The van der Waals surface area contributed by atoms with Crippen molar-refractivity contribution in [3.05, 3.63) is 0 Å². The van der Waals surface area contributed by atoms with Crippen molar-refractivity contribution in [2.24, 2.45) is 11.7 Å². The molecule has 1 aliphatic rings. The largest absolute Gasteiger partial charge is 0.356 e. The van der Waals surface area contributed by atoms with Crippen LogP contribution in [0.1, 0.15) is 39.5 Å². The Hall–Kier alpha value is -0.610. The van der Waals surface area contributed by atoms with E-state index in [1.165, 1.54) is 19.3 Å². The second-order valence-electron chi connectivity index (χ2n) is 4.93. The van der Waals surface area contributed by atoms with Crippen LogP contribution in [0.25, 0.3) is 0 Å². The van der Waals surface area contributed by atoms with E-state index in [4.69, 9.17) is 5.73 Å². The molecule has 0 spiro atoms. The summed E-state index contributed by atoms with van der Waals surface area (Å²) in [4.78, 5) is 14.0. The van der Waals surface area contributed by atoms with Crippen LogP contribution < -0.4 is 11.1 Å². The highest BCUT2D eigenvalue weighted by Crippen LogP contribution is 2.21. The summed E-state index contributed by atoms with van der Waals surface area (Å²) in [6.45, 7) is 7.68. The zero-order valence-corrected chi connectivity index (χ0v) is 11.2. The normalized spacial score (nSPS) is 20.2. The van der Waals surface area contributed by atoms with Crippen LogP contribution in [-0.2, 0) is 4.79 Å². The second kappa shape index (κ2) is 7.67. The van der Waals surface area contributed by atoms with E-state index in [0.29, 0.717) is 19.5 Å². The average Bonchev–Trinajstić information content (AvgIpc) is 2.36. The van der Waals surface area contributed by atoms with Gasteiger partial charge in [0.2, 0.25) is 5.91 Å². The number of hydrogen-bond donors (Lipinski definition) is 2. The highest BCUT2D eigenvalue weighted by Gasteiger charge is 2.24. The molecule has 1 rings (SSSR count). The number of nitrogens with two attached hydrogens (primary N) is 1. The van der Waals surface area contributed by atoms with Crippen LogP contribution in [0.15, 0.2) is 0 Å². The monoisotopic (exact) mass is 241 g/mol. The molecule has 1 heterocycles. The summed E-state index contributed by atoms with van der Waals surface area (Å²) in [5.41, 5.74) is 5.79. The fourth-order valence-corrected chi connectivity index (χ4v) is 2.57. The Balaban J connectivity index is 2.38. The fourth-order valence-electron chi connectivity index (χ4n) is 2.57. The molecule has 1 saturated heterocycles.